The molecule has 0 atom stereocenters. The normalized spacial score (nSPS) is 15.6. The van der Waals surface area contributed by atoms with Gasteiger partial charge in [0.15, 0.2) is 0 Å². The summed E-state index contributed by atoms with van der Waals surface area (Å²) < 4.78 is 12.9. The molecule has 4 heteroatoms. The lowest BCUT2D eigenvalue weighted by Gasteiger charge is -2.07. The van der Waals surface area contributed by atoms with Crippen LogP contribution in [0.4, 0.5) is 4.39 Å². The minimum Gasteiger partial charge on any atom is -0.345 e. The molecule has 0 bridgehead atoms. The Morgan fingerprint density at radius 1 is 1.39 bits per heavy atom. The molecule has 0 fully saturated rings. The number of rotatable bonds is 4. The zero-order chi connectivity index (χ0) is 13.5. The number of aldehydes is 1. The fourth-order valence-corrected chi connectivity index (χ4v) is 1.43. The van der Waals surface area contributed by atoms with Crippen LogP contribution in [-0.2, 0) is 9.59 Å². The van der Waals surface area contributed by atoms with Crippen molar-refractivity contribution in [3.8, 4) is 0 Å². The van der Waals surface area contributed by atoms with Crippen molar-refractivity contribution in [2.75, 3.05) is 14.1 Å². The highest BCUT2D eigenvalue weighted by molar-refractivity contribution is 5.93. The van der Waals surface area contributed by atoms with Crippen LogP contribution in [0.15, 0.2) is 47.4 Å². The van der Waals surface area contributed by atoms with Gasteiger partial charge in [-0.1, -0.05) is 12.2 Å². The maximum Gasteiger partial charge on any atom is 0.246 e. The Morgan fingerprint density at radius 3 is 2.72 bits per heavy atom. The molecule has 1 amide bonds. The average Bonchev–Trinajstić information content (AvgIpc) is 2.53. The van der Waals surface area contributed by atoms with E-state index in [4.69, 9.17) is 0 Å². The Hall–Kier alpha value is -1.97. The standard InChI is InChI=1S/C14H16FNO2/c1-16(2)14(18)9-12(10-17)8-11-4-3-5-13(15)7-6-11/h4-7,9-10H,3,8H2,1-2H3/b12-9-. The Morgan fingerprint density at radius 2 is 2.11 bits per heavy atom. The smallest absolute Gasteiger partial charge is 0.246 e. The van der Waals surface area contributed by atoms with E-state index < -0.39 is 0 Å². The summed E-state index contributed by atoms with van der Waals surface area (Å²) in [5.41, 5.74) is 1.20. The summed E-state index contributed by atoms with van der Waals surface area (Å²) >= 11 is 0. The molecule has 1 aliphatic carbocycles. The summed E-state index contributed by atoms with van der Waals surface area (Å²) in [6.07, 6.45) is 9.05. The van der Waals surface area contributed by atoms with Crippen molar-refractivity contribution < 1.29 is 14.0 Å². The first kappa shape index (κ1) is 14.1. The van der Waals surface area contributed by atoms with Crippen LogP contribution in [0.1, 0.15) is 12.8 Å². The van der Waals surface area contributed by atoms with E-state index in [1.54, 1.807) is 20.2 Å². The fraction of sp³-hybridized carbons (Fsp3) is 0.286. The first-order valence-electron chi connectivity index (χ1n) is 5.62. The minimum absolute atomic E-state index is 0.236. The molecular formula is C14H16FNO2. The van der Waals surface area contributed by atoms with E-state index >= 15 is 0 Å². The SMILES string of the molecule is CN(C)C(=O)/C=C(\C=O)CC1=CCC=C(F)C=C1. The van der Waals surface area contributed by atoms with Gasteiger partial charge in [0.2, 0.25) is 5.91 Å². The lowest BCUT2D eigenvalue weighted by molar-refractivity contribution is -0.123. The molecule has 0 N–H and O–H groups in total. The van der Waals surface area contributed by atoms with Crippen molar-refractivity contribution in [2.45, 2.75) is 12.8 Å². The quantitative estimate of drug-likeness (QED) is 0.566. The van der Waals surface area contributed by atoms with Crippen LogP contribution >= 0.6 is 0 Å². The number of carbonyl (C=O) groups is 2. The Labute approximate surface area is 106 Å². The number of likely N-dealkylation sites (N-methyl/N-ethyl adjacent to an activating group) is 1. The third-order valence-electron chi connectivity index (χ3n) is 2.46. The van der Waals surface area contributed by atoms with E-state index in [0.29, 0.717) is 24.7 Å². The Balaban J connectivity index is 2.76. The Kier molecular flexibility index (Phi) is 5.24. The Bertz CT molecular complexity index is 456. The van der Waals surface area contributed by atoms with E-state index in [-0.39, 0.29) is 11.7 Å². The molecule has 96 valence electrons. The number of nitrogens with zero attached hydrogens (tertiary/aromatic N) is 1. The van der Waals surface area contributed by atoms with Crippen LogP contribution in [-0.4, -0.2) is 31.2 Å². The molecule has 0 spiro atoms. The summed E-state index contributed by atoms with van der Waals surface area (Å²) in [6.45, 7) is 0. The molecule has 0 radical (unpaired) electrons. The molecule has 0 saturated heterocycles. The van der Waals surface area contributed by atoms with Gasteiger partial charge in [-0.15, -0.1) is 0 Å². The highest BCUT2D eigenvalue weighted by Crippen LogP contribution is 2.17. The van der Waals surface area contributed by atoms with E-state index in [0.717, 1.165) is 5.57 Å². The monoisotopic (exact) mass is 249 g/mol. The van der Waals surface area contributed by atoms with Crippen molar-refractivity contribution in [1.29, 1.82) is 0 Å². The van der Waals surface area contributed by atoms with Gasteiger partial charge in [-0.3, -0.25) is 9.59 Å². The van der Waals surface area contributed by atoms with E-state index in [1.807, 2.05) is 6.08 Å². The summed E-state index contributed by atoms with van der Waals surface area (Å²) in [7, 11) is 3.23. The highest BCUT2D eigenvalue weighted by atomic mass is 19.1. The molecule has 3 nitrogen and oxygen atoms in total. The number of halogens is 1. The molecule has 1 aliphatic rings. The number of hydrogen-bond acceptors (Lipinski definition) is 2. The van der Waals surface area contributed by atoms with Crippen molar-refractivity contribution >= 4 is 12.2 Å². The zero-order valence-electron chi connectivity index (χ0n) is 10.5. The molecule has 0 aromatic heterocycles. The van der Waals surface area contributed by atoms with E-state index in [2.05, 4.69) is 0 Å². The molecular weight excluding hydrogens is 233 g/mol. The second kappa shape index (κ2) is 6.69. The number of carbonyl (C=O) groups excluding carboxylic acids is 2. The topological polar surface area (TPSA) is 37.4 Å². The van der Waals surface area contributed by atoms with Gasteiger partial charge in [0, 0.05) is 32.2 Å². The second-order valence-corrected chi connectivity index (χ2v) is 4.18. The van der Waals surface area contributed by atoms with Crippen LogP contribution in [0.5, 0.6) is 0 Å². The van der Waals surface area contributed by atoms with Crippen LogP contribution in [0.3, 0.4) is 0 Å². The van der Waals surface area contributed by atoms with Crippen LogP contribution in [0, 0.1) is 0 Å². The van der Waals surface area contributed by atoms with Gasteiger partial charge in [0.05, 0.1) is 0 Å². The van der Waals surface area contributed by atoms with Gasteiger partial charge >= 0.3 is 0 Å². The fourth-order valence-electron chi connectivity index (χ4n) is 1.43. The molecule has 0 heterocycles. The van der Waals surface area contributed by atoms with Crippen molar-refractivity contribution in [3.05, 3.63) is 47.4 Å². The minimum atomic E-state index is -0.290. The third kappa shape index (κ3) is 4.49. The van der Waals surface area contributed by atoms with Crippen molar-refractivity contribution in [3.63, 3.8) is 0 Å². The molecule has 0 aromatic rings. The molecule has 0 aromatic carbocycles. The maximum absolute atomic E-state index is 12.9. The van der Waals surface area contributed by atoms with Gasteiger partial charge < -0.3 is 4.90 Å². The van der Waals surface area contributed by atoms with Crippen molar-refractivity contribution in [2.24, 2.45) is 0 Å². The summed E-state index contributed by atoms with van der Waals surface area (Å²) in [6, 6.07) is 0. The molecule has 1 rings (SSSR count). The third-order valence-corrected chi connectivity index (χ3v) is 2.46. The number of hydrogen-bond donors (Lipinski definition) is 0. The number of allylic oxidation sites excluding steroid dienone is 7. The van der Waals surface area contributed by atoms with E-state index in [1.165, 1.54) is 23.1 Å². The lowest BCUT2D eigenvalue weighted by atomic mass is 10.0. The predicted molar refractivity (Wildman–Crippen MR) is 68.5 cm³/mol. The molecule has 0 saturated carbocycles. The van der Waals surface area contributed by atoms with Gasteiger partial charge in [-0.25, -0.2) is 4.39 Å². The van der Waals surface area contributed by atoms with Gasteiger partial charge in [0.1, 0.15) is 12.1 Å². The van der Waals surface area contributed by atoms with Gasteiger partial charge in [-0.05, 0) is 24.1 Å². The largest absolute Gasteiger partial charge is 0.345 e. The first-order valence-corrected chi connectivity index (χ1v) is 5.62. The molecule has 0 aliphatic heterocycles. The summed E-state index contributed by atoms with van der Waals surface area (Å²) in [5, 5.41) is 0. The van der Waals surface area contributed by atoms with Crippen LogP contribution in [0.2, 0.25) is 0 Å². The van der Waals surface area contributed by atoms with E-state index in [9.17, 15) is 14.0 Å². The first-order chi connectivity index (χ1) is 8.52. The second-order valence-electron chi connectivity index (χ2n) is 4.18. The summed E-state index contributed by atoms with van der Waals surface area (Å²) in [4.78, 5) is 23.8. The number of amides is 1. The van der Waals surface area contributed by atoms with Gasteiger partial charge in [0.25, 0.3) is 0 Å². The van der Waals surface area contributed by atoms with Crippen LogP contribution in [0.25, 0.3) is 0 Å². The molecule has 0 unspecified atom stereocenters. The summed E-state index contributed by atoms with van der Waals surface area (Å²) in [5.74, 6) is -0.526. The lowest BCUT2D eigenvalue weighted by Crippen LogP contribution is -2.19. The van der Waals surface area contributed by atoms with Crippen LogP contribution < -0.4 is 0 Å². The zero-order valence-corrected chi connectivity index (χ0v) is 10.5. The van der Waals surface area contributed by atoms with Crippen molar-refractivity contribution in [1.82, 2.24) is 4.90 Å². The highest BCUT2D eigenvalue weighted by Gasteiger charge is 2.06. The predicted octanol–water partition coefficient (Wildman–Crippen LogP) is 2.33. The van der Waals surface area contributed by atoms with Gasteiger partial charge in [-0.2, -0.15) is 0 Å². The average molecular weight is 249 g/mol. The molecule has 18 heavy (non-hydrogen) atoms. The maximum atomic E-state index is 12.9.